The molecule has 2 N–H and O–H groups in total. The highest BCUT2D eigenvalue weighted by Crippen LogP contribution is 2.23. The normalized spacial score (nSPS) is 17.6. The zero-order valence-corrected chi connectivity index (χ0v) is 13.6. The molecule has 1 aromatic rings. The fraction of sp³-hybridized carbons (Fsp3) is 0.562. The van der Waals surface area contributed by atoms with Crippen molar-refractivity contribution in [1.82, 2.24) is 10.2 Å². The fourth-order valence-electron chi connectivity index (χ4n) is 2.74. The molecule has 0 saturated carbocycles. The first-order chi connectivity index (χ1) is 10.7. The molecule has 0 aliphatic carbocycles. The van der Waals surface area contributed by atoms with E-state index in [2.05, 4.69) is 5.32 Å². The van der Waals surface area contributed by atoms with Crippen LogP contribution in [0.5, 0.6) is 5.75 Å². The van der Waals surface area contributed by atoms with E-state index in [-0.39, 0.29) is 18.7 Å². The number of urea groups is 1. The van der Waals surface area contributed by atoms with Crippen molar-refractivity contribution in [2.45, 2.75) is 32.2 Å². The van der Waals surface area contributed by atoms with Crippen molar-refractivity contribution in [3.8, 4) is 5.75 Å². The minimum absolute atomic E-state index is 0.0240. The largest absolute Gasteiger partial charge is 0.494 e. The molecular formula is C16H23ClN2O3. The SMILES string of the molecule is CCOc1ccc(Cl)cc1CCNC(=O)N1CCCC1CO. The van der Waals surface area contributed by atoms with E-state index in [0.717, 1.165) is 24.2 Å². The van der Waals surface area contributed by atoms with Gasteiger partial charge in [-0.15, -0.1) is 0 Å². The predicted molar refractivity (Wildman–Crippen MR) is 86.5 cm³/mol. The first-order valence-corrected chi connectivity index (χ1v) is 8.10. The number of halogens is 1. The number of rotatable bonds is 6. The Kier molecular flexibility index (Phi) is 6.34. The summed E-state index contributed by atoms with van der Waals surface area (Å²) in [5, 5.41) is 12.8. The Bertz CT molecular complexity index is 510. The molecule has 0 bridgehead atoms. The zero-order chi connectivity index (χ0) is 15.9. The maximum atomic E-state index is 12.1. The van der Waals surface area contributed by atoms with Gasteiger partial charge in [0.25, 0.3) is 0 Å². The first kappa shape index (κ1) is 16.9. The Morgan fingerprint density at radius 3 is 3.09 bits per heavy atom. The van der Waals surface area contributed by atoms with Crippen LogP contribution in [0.25, 0.3) is 0 Å². The van der Waals surface area contributed by atoms with E-state index in [1.807, 2.05) is 19.1 Å². The third-order valence-corrected chi connectivity index (χ3v) is 4.08. The summed E-state index contributed by atoms with van der Waals surface area (Å²) in [6, 6.07) is 5.35. The van der Waals surface area contributed by atoms with Gasteiger partial charge in [-0.25, -0.2) is 4.79 Å². The first-order valence-electron chi connectivity index (χ1n) is 7.72. The Morgan fingerprint density at radius 2 is 2.36 bits per heavy atom. The summed E-state index contributed by atoms with van der Waals surface area (Å²) in [5.74, 6) is 0.801. The van der Waals surface area contributed by atoms with Gasteiger partial charge in [-0.2, -0.15) is 0 Å². The van der Waals surface area contributed by atoms with Crippen LogP contribution in [-0.4, -0.2) is 48.4 Å². The van der Waals surface area contributed by atoms with Gasteiger partial charge in [0.15, 0.2) is 0 Å². The van der Waals surface area contributed by atoms with Gasteiger partial charge in [-0.05, 0) is 49.9 Å². The predicted octanol–water partition coefficient (Wildman–Crippen LogP) is 2.45. The van der Waals surface area contributed by atoms with E-state index < -0.39 is 0 Å². The quantitative estimate of drug-likeness (QED) is 0.844. The second-order valence-corrected chi connectivity index (χ2v) is 5.78. The number of aliphatic hydroxyl groups is 1. The molecule has 0 radical (unpaired) electrons. The maximum Gasteiger partial charge on any atom is 0.317 e. The van der Waals surface area contributed by atoms with Gasteiger partial charge in [0, 0.05) is 18.1 Å². The van der Waals surface area contributed by atoms with Gasteiger partial charge < -0.3 is 20.1 Å². The molecule has 1 aliphatic heterocycles. The highest BCUT2D eigenvalue weighted by atomic mass is 35.5. The lowest BCUT2D eigenvalue weighted by Crippen LogP contribution is -2.44. The Labute approximate surface area is 136 Å². The second kappa shape index (κ2) is 8.25. The van der Waals surface area contributed by atoms with E-state index in [4.69, 9.17) is 16.3 Å². The molecule has 2 amide bonds. The number of hydrogen-bond acceptors (Lipinski definition) is 3. The van der Waals surface area contributed by atoms with Crippen LogP contribution >= 0.6 is 11.6 Å². The summed E-state index contributed by atoms with van der Waals surface area (Å²) >= 11 is 6.02. The molecule has 1 heterocycles. The number of aliphatic hydroxyl groups excluding tert-OH is 1. The Balaban J connectivity index is 1.88. The van der Waals surface area contributed by atoms with Gasteiger partial charge >= 0.3 is 6.03 Å². The molecule has 22 heavy (non-hydrogen) atoms. The van der Waals surface area contributed by atoms with E-state index >= 15 is 0 Å². The number of nitrogens with one attached hydrogen (secondary N) is 1. The van der Waals surface area contributed by atoms with Crippen LogP contribution in [0, 0.1) is 0 Å². The highest BCUT2D eigenvalue weighted by Gasteiger charge is 2.27. The molecule has 5 nitrogen and oxygen atoms in total. The fourth-order valence-corrected chi connectivity index (χ4v) is 2.93. The number of benzene rings is 1. The standard InChI is InChI=1S/C16H23ClN2O3/c1-2-22-15-6-5-13(17)10-12(15)7-8-18-16(21)19-9-3-4-14(19)11-20/h5-6,10,14,20H,2-4,7-9,11H2,1H3,(H,18,21). The van der Waals surface area contributed by atoms with E-state index in [1.165, 1.54) is 0 Å². The number of carbonyl (C=O) groups is 1. The summed E-state index contributed by atoms with van der Waals surface area (Å²) in [5.41, 5.74) is 0.981. The molecule has 1 atom stereocenters. The van der Waals surface area contributed by atoms with Crippen LogP contribution in [0.15, 0.2) is 18.2 Å². The van der Waals surface area contributed by atoms with Gasteiger partial charge in [-0.3, -0.25) is 0 Å². The van der Waals surface area contributed by atoms with Crippen molar-refractivity contribution in [2.75, 3.05) is 26.3 Å². The third-order valence-electron chi connectivity index (χ3n) is 3.84. The van der Waals surface area contributed by atoms with Crippen LogP contribution in [0.1, 0.15) is 25.3 Å². The number of likely N-dealkylation sites (tertiary alicyclic amines) is 1. The molecule has 1 aliphatic rings. The molecule has 0 spiro atoms. The average molecular weight is 327 g/mol. The lowest BCUT2D eigenvalue weighted by atomic mass is 10.1. The number of nitrogens with zero attached hydrogens (tertiary/aromatic N) is 1. The van der Waals surface area contributed by atoms with E-state index in [1.54, 1.807) is 11.0 Å². The lowest BCUT2D eigenvalue weighted by molar-refractivity contribution is 0.157. The number of ether oxygens (including phenoxy) is 1. The number of carbonyl (C=O) groups excluding carboxylic acids is 1. The number of hydrogen-bond donors (Lipinski definition) is 2. The minimum Gasteiger partial charge on any atom is -0.494 e. The highest BCUT2D eigenvalue weighted by molar-refractivity contribution is 6.30. The molecule has 1 fully saturated rings. The summed E-state index contributed by atoms with van der Waals surface area (Å²) in [6.07, 6.45) is 2.47. The van der Waals surface area contributed by atoms with Crippen molar-refractivity contribution in [3.63, 3.8) is 0 Å². The average Bonchev–Trinajstić information content (AvgIpc) is 2.98. The van der Waals surface area contributed by atoms with Crippen molar-refractivity contribution in [3.05, 3.63) is 28.8 Å². The molecule has 1 aromatic carbocycles. The monoisotopic (exact) mass is 326 g/mol. The van der Waals surface area contributed by atoms with Crippen LogP contribution in [0.3, 0.4) is 0 Å². The van der Waals surface area contributed by atoms with Crippen LogP contribution < -0.4 is 10.1 Å². The van der Waals surface area contributed by atoms with Crippen molar-refractivity contribution < 1.29 is 14.6 Å². The van der Waals surface area contributed by atoms with Gasteiger partial charge in [0.05, 0.1) is 19.3 Å². The molecule has 0 aromatic heterocycles. The summed E-state index contributed by atoms with van der Waals surface area (Å²) in [7, 11) is 0. The van der Waals surface area contributed by atoms with Crippen LogP contribution in [0.2, 0.25) is 5.02 Å². The molecule has 6 heteroatoms. The summed E-state index contributed by atoms with van der Waals surface area (Å²) in [4.78, 5) is 13.8. The van der Waals surface area contributed by atoms with Gasteiger partial charge in [0.2, 0.25) is 0 Å². The third kappa shape index (κ3) is 4.27. The topological polar surface area (TPSA) is 61.8 Å². The minimum atomic E-state index is -0.114. The number of amides is 2. The summed E-state index contributed by atoms with van der Waals surface area (Å²) in [6.45, 7) is 3.76. The van der Waals surface area contributed by atoms with Crippen LogP contribution in [0.4, 0.5) is 4.79 Å². The molecule has 122 valence electrons. The molecule has 2 rings (SSSR count). The van der Waals surface area contributed by atoms with Crippen molar-refractivity contribution in [2.24, 2.45) is 0 Å². The lowest BCUT2D eigenvalue weighted by Gasteiger charge is -2.23. The maximum absolute atomic E-state index is 12.1. The Hall–Kier alpha value is -1.46. The molecule has 1 unspecified atom stereocenters. The molecule has 1 saturated heterocycles. The summed E-state index contributed by atoms with van der Waals surface area (Å²) < 4.78 is 5.57. The Morgan fingerprint density at radius 1 is 1.55 bits per heavy atom. The van der Waals surface area contributed by atoms with Crippen molar-refractivity contribution >= 4 is 17.6 Å². The molecular weight excluding hydrogens is 304 g/mol. The van der Waals surface area contributed by atoms with E-state index in [0.29, 0.717) is 31.1 Å². The van der Waals surface area contributed by atoms with Gasteiger partial charge in [0.1, 0.15) is 5.75 Å². The van der Waals surface area contributed by atoms with E-state index in [9.17, 15) is 9.90 Å². The van der Waals surface area contributed by atoms with Gasteiger partial charge in [-0.1, -0.05) is 11.6 Å². The second-order valence-electron chi connectivity index (χ2n) is 5.34. The smallest absolute Gasteiger partial charge is 0.317 e. The van der Waals surface area contributed by atoms with Crippen molar-refractivity contribution in [1.29, 1.82) is 0 Å². The van der Waals surface area contributed by atoms with Crippen LogP contribution in [-0.2, 0) is 6.42 Å². The zero-order valence-electron chi connectivity index (χ0n) is 12.8.